The average Bonchev–Trinajstić information content (AvgIpc) is 2.88. The van der Waals surface area contributed by atoms with E-state index in [1.165, 1.54) is 5.56 Å². The van der Waals surface area contributed by atoms with Crippen LogP contribution >= 0.6 is 0 Å². The van der Waals surface area contributed by atoms with E-state index < -0.39 is 5.60 Å². The van der Waals surface area contributed by atoms with Crippen LogP contribution in [0.25, 0.3) is 0 Å². The highest BCUT2D eigenvalue weighted by molar-refractivity contribution is 5.97. The summed E-state index contributed by atoms with van der Waals surface area (Å²) in [4.78, 5) is 12.3. The average molecular weight is 276 g/mol. The molecule has 110 valence electrons. The van der Waals surface area contributed by atoms with Crippen molar-refractivity contribution in [2.45, 2.75) is 45.3 Å². The number of carbonyl (C=O) groups excluding carboxylic acids is 1. The maximum Gasteiger partial charge on any atom is 0.256 e. The molecular formula is C16H24N2O2. The molecule has 1 saturated heterocycles. The lowest BCUT2D eigenvalue weighted by Gasteiger charge is -2.22. The topological polar surface area (TPSA) is 50.4 Å². The fraction of sp³-hybridized carbons (Fsp3) is 0.562. The van der Waals surface area contributed by atoms with Gasteiger partial charge in [-0.3, -0.25) is 4.79 Å². The normalized spacial score (nSPS) is 21.9. The number of nitrogens with one attached hydrogen (secondary N) is 2. The van der Waals surface area contributed by atoms with Crippen LogP contribution in [-0.2, 0) is 16.1 Å². The Hall–Kier alpha value is -1.39. The zero-order valence-electron chi connectivity index (χ0n) is 12.4. The third kappa shape index (κ3) is 3.81. The lowest BCUT2D eigenvalue weighted by atomic mass is 10.0. The minimum Gasteiger partial charge on any atom is -0.365 e. The zero-order chi connectivity index (χ0) is 14.4. The smallest absolute Gasteiger partial charge is 0.256 e. The van der Waals surface area contributed by atoms with Crippen molar-refractivity contribution >= 4 is 11.6 Å². The summed E-state index contributed by atoms with van der Waals surface area (Å²) >= 11 is 0. The molecule has 1 heterocycles. The van der Waals surface area contributed by atoms with Gasteiger partial charge in [0.25, 0.3) is 5.91 Å². The maximum atomic E-state index is 12.3. The van der Waals surface area contributed by atoms with E-state index in [9.17, 15) is 4.79 Å². The van der Waals surface area contributed by atoms with Gasteiger partial charge in [-0.1, -0.05) is 19.1 Å². The molecule has 1 atom stereocenters. The molecule has 1 aliphatic rings. The third-order valence-corrected chi connectivity index (χ3v) is 3.64. The van der Waals surface area contributed by atoms with Gasteiger partial charge in [-0.05, 0) is 50.4 Å². The van der Waals surface area contributed by atoms with Crippen LogP contribution in [0.5, 0.6) is 0 Å². The summed E-state index contributed by atoms with van der Waals surface area (Å²) < 4.78 is 5.56. The fourth-order valence-electron chi connectivity index (χ4n) is 2.39. The van der Waals surface area contributed by atoms with E-state index in [4.69, 9.17) is 4.74 Å². The highest BCUT2D eigenvalue weighted by Crippen LogP contribution is 2.26. The molecule has 0 bridgehead atoms. The van der Waals surface area contributed by atoms with Crippen LogP contribution in [-0.4, -0.2) is 24.7 Å². The van der Waals surface area contributed by atoms with Crippen LogP contribution in [0.15, 0.2) is 24.3 Å². The van der Waals surface area contributed by atoms with E-state index in [0.29, 0.717) is 6.61 Å². The van der Waals surface area contributed by atoms with E-state index in [-0.39, 0.29) is 5.91 Å². The van der Waals surface area contributed by atoms with Crippen molar-refractivity contribution in [1.29, 1.82) is 0 Å². The van der Waals surface area contributed by atoms with E-state index in [2.05, 4.69) is 23.6 Å². The fourth-order valence-corrected chi connectivity index (χ4v) is 2.39. The number of carbonyl (C=O) groups is 1. The predicted octanol–water partition coefficient (Wildman–Crippen LogP) is 2.69. The van der Waals surface area contributed by atoms with E-state index in [1.54, 1.807) is 0 Å². The second-order valence-electron chi connectivity index (χ2n) is 5.51. The van der Waals surface area contributed by atoms with Crippen molar-refractivity contribution in [2.24, 2.45) is 0 Å². The van der Waals surface area contributed by atoms with Gasteiger partial charge < -0.3 is 15.4 Å². The Morgan fingerprint density at radius 2 is 2.30 bits per heavy atom. The Kier molecular flexibility index (Phi) is 5.15. The lowest BCUT2D eigenvalue weighted by molar-refractivity contribution is -0.133. The molecule has 1 aromatic rings. The van der Waals surface area contributed by atoms with Crippen LogP contribution in [0, 0.1) is 0 Å². The first-order chi connectivity index (χ1) is 9.64. The maximum absolute atomic E-state index is 12.3. The molecular weight excluding hydrogens is 252 g/mol. The molecule has 1 fully saturated rings. The molecule has 1 aromatic carbocycles. The Balaban J connectivity index is 1.95. The number of ether oxygens (including phenoxy) is 1. The molecule has 4 heteroatoms. The third-order valence-electron chi connectivity index (χ3n) is 3.64. The molecule has 2 N–H and O–H groups in total. The number of amides is 1. The largest absolute Gasteiger partial charge is 0.365 e. The van der Waals surface area contributed by atoms with Gasteiger partial charge in [0.15, 0.2) is 0 Å². The summed E-state index contributed by atoms with van der Waals surface area (Å²) in [7, 11) is 0. The Morgan fingerprint density at radius 1 is 1.45 bits per heavy atom. The quantitative estimate of drug-likeness (QED) is 0.785. The molecule has 20 heavy (non-hydrogen) atoms. The van der Waals surface area contributed by atoms with Gasteiger partial charge in [-0.2, -0.15) is 0 Å². The molecule has 0 saturated carbocycles. The standard InChI is InChI=1S/C16H24N2O2/c1-3-9-17-12-13-6-4-7-14(11-13)18-15(19)16(2)8-5-10-20-16/h4,6-7,11,17H,3,5,8-10,12H2,1-2H3,(H,18,19). The molecule has 0 aromatic heterocycles. The summed E-state index contributed by atoms with van der Waals surface area (Å²) in [5.74, 6) is -0.0475. The zero-order valence-corrected chi connectivity index (χ0v) is 12.4. The minimum absolute atomic E-state index is 0.0475. The molecule has 1 unspecified atom stereocenters. The molecule has 1 amide bonds. The first kappa shape index (κ1) is 15.0. The van der Waals surface area contributed by atoms with Gasteiger partial charge in [0.2, 0.25) is 0 Å². The van der Waals surface area contributed by atoms with E-state index in [1.807, 2.05) is 25.1 Å². The molecule has 0 aliphatic carbocycles. The number of rotatable bonds is 6. The van der Waals surface area contributed by atoms with Crippen molar-refractivity contribution in [2.75, 3.05) is 18.5 Å². The van der Waals surface area contributed by atoms with Gasteiger partial charge in [0.1, 0.15) is 5.60 Å². The Morgan fingerprint density at radius 3 is 3.00 bits per heavy atom. The highest BCUT2D eigenvalue weighted by atomic mass is 16.5. The van der Waals surface area contributed by atoms with Crippen LogP contribution < -0.4 is 10.6 Å². The van der Waals surface area contributed by atoms with Gasteiger partial charge in [0, 0.05) is 18.8 Å². The molecule has 2 rings (SSSR count). The summed E-state index contributed by atoms with van der Waals surface area (Å²) in [6, 6.07) is 7.96. The Labute approximate surface area is 120 Å². The van der Waals surface area contributed by atoms with Crippen molar-refractivity contribution in [3.05, 3.63) is 29.8 Å². The highest BCUT2D eigenvalue weighted by Gasteiger charge is 2.37. The molecule has 0 spiro atoms. The van der Waals surface area contributed by atoms with Crippen LogP contribution in [0.3, 0.4) is 0 Å². The first-order valence-corrected chi connectivity index (χ1v) is 7.39. The number of benzene rings is 1. The number of hydrogen-bond donors (Lipinski definition) is 2. The van der Waals surface area contributed by atoms with Crippen LogP contribution in [0.4, 0.5) is 5.69 Å². The molecule has 0 radical (unpaired) electrons. The Bertz CT molecular complexity index is 454. The molecule has 4 nitrogen and oxygen atoms in total. The van der Waals surface area contributed by atoms with Crippen LogP contribution in [0.2, 0.25) is 0 Å². The predicted molar refractivity (Wildman–Crippen MR) is 80.7 cm³/mol. The van der Waals surface area contributed by atoms with Gasteiger partial charge in [-0.25, -0.2) is 0 Å². The minimum atomic E-state index is -0.670. The SMILES string of the molecule is CCCNCc1cccc(NC(=O)C2(C)CCCO2)c1. The number of anilines is 1. The van der Waals surface area contributed by atoms with Gasteiger partial charge in [-0.15, -0.1) is 0 Å². The van der Waals surface area contributed by atoms with E-state index >= 15 is 0 Å². The second kappa shape index (κ2) is 6.86. The van der Waals surface area contributed by atoms with Crippen LogP contribution in [0.1, 0.15) is 38.7 Å². The summed E-state index contributed by atoms with van der Waals surface area (Å²) in [6.45, 7) is 6.51. The van der Waals surface area contributed by atoms with Gasteiger partial charge >= 0.3 is 0 Å². The number of hydrogen-bond acceptors (Lipinski definition) is 3. The summed E-state index contributed by atoms with van der Waals surface area (Å²) in [5.41, 5.74) is 1.34. The van der Waals surface area contributed by atoms with Crippen molar-refractivity contribution in [3.8, 4) is 0 Å². The van der Waals surface area contributed by atoms with Crippen molar-refractivity contribution in [1.82, 2.24) is 5.32 Å². The van der Waals surface area contributed by atoms with Gasteiger partial charge in [0.05, 0.1) is 0 Å². The summed E-state index contributed by atoms with van der Waals surface area (Å²) in [6.07, 6.45) is 2.85. The monoisotopic (exact) mass is 276 g/mol. The van der Waals surface area contributed by atoms with E-state index in [0.717, 1.165) is 38.0 Å². The van der Waals surface area contributed by atoms with Crippen molar-refractivity contribution < 1.29 is 9.53 Å². The second-order valence-corrected chi connectivity index (χ2v) is 5.51. The first-order valence-electron chi connectivity index (χ1n) is 7.39. The van der Waals surface area contributed by atoms with Crippen molar-refractivity contribution in [3.63, 3.8) is 0 Å². The molecule has 1 aliphatic heterocycles. The summed E-state index contributed by atoms with van der Waals surface area (Å²) in [5, 5.41) is 6.32. The lowest BCUT2D eigenvalue weighted by Crippen LogP contribution is -2.39.